The lowest BCUT2D eigenvalue weighted by Gasteiger charge is -2.42. The van der Waals surface area contributed by atoms with Gasteiger partial charge in [0.15, 0.2) is 0 Å². The summed E-state index contributed by atoms with van der Waals surface area (Å²) >= 11 is 0. The molecule has 0 unspecified atom stereocenters. The number of alkyl carbamates (subject to hydrolysis) is 2. The van der Waals surface area contributed by atoms with E-state index in [1.807, 2.05) is 22.8 Å². The van der Waals surface area contributed by atoms with E-state index >= 15 is 8.78 Å². The molecule has 5 heterocycles. The molecule has 4 aliphatic rings. The number of halogens is 8. The Hall–Kier alpha value is -7.08. The van der Waals surface area contributed by atoms with Gasteiger partial charge in [0.2, 0.25) is 5.91 Å². The van der Waals surface area contributed by atoms with Gasteiger partial charge in [-0.05, 0) is 101 Å². The second-order valence-corrected chi connectivity index (χ2v) is 21.6. The number of fused-ring (bicyclic) bond motifs is 2. The van der Waals surface area contributed by atoms with E-state index in [2.05, 4.69) is 51.9 Å². The number of aromatic nitrogens is 3. The molecule has 0 spiro atoms. The number of methoxy groups -OCH3 is 2. The molecule has 80 heavy (non-hydrogen) atoms. The maximum Gasteiger partial charge on any atom is 0.407 e. The van der Waals surface area contributed by atoms with Gasteiger partial charge >= 0.3 is 24.5 Å². The number of hydrogen-bond acceptors (Lipinski definition) is 13. The number of nitrogens with one attached hydrogen (secondary N) is 4. The molecule has 8 rings (SSSR count). The van der Waals surface area contributed by atoms with E-state index in [0.717, 1.165) is 77.7 Å². The summed E-state index contributed by atoms with van der Waals surface area (Å²) in [6.45, 7) is 3.71. The van der Waals surface area contributed by atoms with Crippen molar-refractivity contribution in [3.63, 3.8) is 0 Å². The Labute approximate surface area is 455 Å². The zero-order valence-corrected chi connectivity index (χ0v) is 44.6. The third kappa shape index (κ3) is 13.2. The van der Waals surface area contributed by atoms with Gasteiger partial charge < -0.3 is 40.2 Å². The third-order valence-corrected chi connectivity index (χ3v) is 15.3. The van der Waals surface area contributed by atoms with E-state index in [-0.39, 0.29) is 17.3 Å². The highest BCUT2D eigenvalue weighted by Crippen LogP contribution is 2.42. The van der Waals surface area contributed by atoms with Crippen LogP contribution in [0.25, 0.3) is 11.3 Å². The van der Waals surface area contributed by atoms with Crippen LogP contribution in [0.2, 0.25) is 0 Å². The van der Waals surface area contributed by atoms with Crippen LogP contribution in [0, 0.1) is 34.3 Å². The molecule has 4 fully saturated rings. The summed E-state index contributed by atoms with van der Waals surface area (Å²) in [5.74, 6) is 1.39. The van der Waals surface area contributed by atoms with E-state index in [0.29, 0.717) is 67.5 Å². The fourth-order valence-electron chi connectivity index (χ4n) is 9.82. The number of likely N-dealkylation sites (tertiary alicyclic amines) is 1. The SMILES string of the molecule is COC(=O)N[C@H](C(=O)N[C@@H](Cc1ccc(C#Cc2ccc(N3C[C@@H]4C[C@H]3CN4C3COC3)nc2)cc1)[C@@H](O)CN(Cc1c(F)cc(-c2ccn(C3CC3)n2)cc1F)NC(=O)[C@@H](NC(=O)OC)C(C)(C)C(F)(F)F)C(C)(C)C(F)(F)F. The number of carbonyl (C=O) groups excluding carboxylic acids is 4. The number of benzene rings is 2. The van der Waals surface area contributed by atoms with E-state index in [4.69, 9.17) is 4.74 Å². The third-order valence-electron chi connectivity index (χ3n) is 15.3. The van der Waals surface area contributed by atoms with Crippen molar-refractivity contribution < 1.29 is 73.6 Å². The highest BCUT2D eigenvalue weighted by Gasteiger charge is 2.57. The largest absolute Gasteiger partial charge is 0.453 e. The van der Waals surface area contributed by atoms with Crippen molar-refractivity contribution in [2.45, 2.75) is 121 Å². The van der Waals surface area contributed by atoms with Gasteiger partial charge in [0.25, 0.3) is 5.91 Å². The number of ether oxygens (including phenoxy) is 3. The molecule has 2 aromatic heterocycles. The Morgan fingerprint density at radius 3 is 1.88 bits per heavy atom. The monoisotopic (exact) mass is 1130 g/mol. The van der Waals surface area contributed by atoms with Crippen molar-refractivity contribution in [2.24, 2.45) is 10.8 Å². The molecule has 1 saturated carbocycles. The number of rotatable bonds is 19. The van der Waals surface area contributed by atoms with Gasteiger partial charge in [-0.1, -0.05) is 24.0 Å². The van der Waals surface area contributed by atoms with Crippen molar-refractivity contribution in [2.75, 3.05) is 52.0 Å². The number of alkyl halides is 6. The second-order valence-electron chi connectivity index (χ2n) is 21.6. The highest BCUT2D eigenvalue weighted by atomic mass is 19.4. The summed E-state index contributed by atoms with van der Waals surface area (Å²) in [6, 6.07) is 8.15. The van der Waals surface area contributed by atoms with Crippen LogP contribution in [0.5, 0.6) is 0 Å². The Balaban J connectivity index is 1.07. The molecule has 1 aliphatic carbocycles. The number of nitrogens with zero attached hydrogens (tertiary/aromatic N) is 6. The van der Waals surface area contributed by atoms with Crippen LogP contribution in [0.1, 0.15) is 75.3 Å². The molecule has 3 saturated heterocycles. The second kappa shape index (κ2) is 23.6. The highest BCUT2D eigenvalue weighted by molar-refractivity contribution is 5.87. The minimum absolute atomic E-state index is 0.00659. The van der Waals surface area contributed by atoms with Crippen LogP contribution in [0.15, 0.2) is 67.0 Å². The summed E-state index contributed by atoms with van der Waals surface area (Å²) in [4.78, 5) is 62.5. The smallest absolute Gasteiger partial charge is 0.407 e. The van der Waals surface area contributed by atoms with Crippen LogP contribution in [-0.2, 0) is 36.8 Å². The molecule has 18 nitrogen and oxygen atoms in total. The number of pyridine rings is 1. The molecule has 5 N–H and O–H groups in total. The van der Waals surface area contributed by atoms with Crippen LogP contribution < -0.4 is 26.3 Å². The number of hydrogen-bond donors (Lipinski definition) is 5. The summed E-state index contributed by atoms with van der Waals surface area (Å²) < 4.78 is 136. The van der Waals surface area contributed by atoms with Gasteiger partial charge in [0.1, 0.15) is 29.5 Å². The molecule has 0 radical (unpaired) electrons. The van der Waals surface area contributed by atoms with Gasteiger partial charge in [-0.2, -0.15) is 31.4 Å². The summed E-state index contributed by atoms with van der Waals surface area (Å²) in [6.07, 6.45) is -9.62. The molecular formula is C54H62F8N10O8. The maximum absolute atomic E-state index is 16.2. The fraction of sp³-hybridized carbons (Fsp3) is 0.519. The summed E-state index contributed by atoms with van der Waals surface area (Å²) in [7, 11) is 1.67. The van der Waals surface area contributed by atoms with Gasteiger partial charge in [0.05, 0.1) is 68.2 Å². The van der Waals surface area contributed by atoms with Crippen molar-refractivity contribution >= 4 is 29.8 Å². The van der Waals surface area contributed by atoms with Gasteiger partial charge in [-0.15, -0.1) is 0 Å². The normalized spacial score (nSPS) is 19.3. The first-order chi connectivity index (χ1) is 37.7. The standard InChI is InChI=1S/C54H62F8N10O8/c1-51(2,53(57,58)59)45(65-49(76)78-5)47(74)64-42(19-31-10-7-30(8-11-31)9-12-32-13-16-44(63-23-32)71-25-35-22-36(71)24-70(35)37-28-80-29-37)43(73)27-69(68-48(75)46(66-50(77)79-6)52(3,4)54(60,61)62)26-38-39(55)20-33(21-40(38)56)41-17-18-72(67-41)34-14-15-34/h7-8,10-11,13,16-18,20-21,23,34-37,42-43,45-46,73H,14-15,19,22,24-29H2,1-6H3,(H,64,74)(H,65,76)(H,66,77)(H,68,75)/t35-,36-,42-,43-,45+,46+/m0/s1. The van der Waals surface area contributed by atoms with Gasteiger partial charge in [-0.3, -0.25) is 24.6 Å². The average Bonchev–Trinajstić information content (AvgIpc) is 3.92. The Morgan fingerprint density at radius 1 is 0.775 bits per heavy atom. The number of aliphatic hydroxyl groups is 1. The molecule has 432 valence electrons. The summed E-state index contributed by atoms with van der Waals surface area (Å²) in [5, 5.41) is 23.2. The number of aliphatic hydroxyl groups excluding tert-OH is 1. The lowest BCUT2D eigenvalue weighted by Crippen LogP contribution is -2.63. The Morgan fingerprint density at radius 2 is 1.36 bits per heavy atom. The van der Waals surface area contributed by atoms with Crippen molar-refractivity contribution in [3.05, 3.63) is 101 Å². The maximum atomic E-state index is 16.2. The fourth-order valence-corrected chi connectivity index (χ4v) is 9.82. The average molecular weight is 1130 g/mol. The van der Waals surface area contributed by atoms with Gasteiger partial charge in [-0.25, -0.2) is 28.4 Å². The lowest BCUT2D eigenvalue weighted by molar-refractivity contribution is -0.221. The van der Waals surface area contributed by atoms with E-state index in [9.17, 15) is 50.6 Å². The van der Waals surface area contributed by atoms with Crippen molar-refractivity contribution in [1.82, 2.24) is 46.0 Å². The first kappa shape index (κ1) is 59.1. The predicted octanol–water partition coefficient (Wildman–Crippen LogP) is 6.17. The Kier molecular flexibility index (Phi) is 17.4. The van der Waals surface area contributed by atoms with Crippen LogP contribution in [-0.4, -0.2) is 156 Å². The van der Waals surface area contributed by atoms with Crippen LogP contribution >= 0.6 is 0 Å². The first-order valence-corrected chi connectivity index (χ1v) is 25.7. The first-order valence-electron chi connectivity index (χ1n) is 25.7. The van der Waals surface area contributed by atoms with Crippen molar-refractivity contribution in [3.8, 4) is 23.1 Å². The zero-order valence-electron chi connectivity index (χ0n) is 44.6. The molecule has 4 amide bonds. The number of hydrazine groups is 1. The van der Waals surface area contributed by atoms with E-state index in [1.165, 1.54) is 18.2 Å². The van der Waals surface area contributed by atoms with Crippen LogP contribution in [0.3, 0.4) is 0 Å². The van der Waals surface area contributed by atoms with Crippen molar-refractivity contribution in [1.29, 1.82) is 0 Å². The number of piperazine rings is 1. The summed E-state index contributed by atoms with van der Waals surface area (Å²) in [5.41, 5.74) is -3.07. The van der Waals surface area contributed by atoms with E-state index in [1.54, 1.807) is 29.2 Å². The minimum Gasteiger partial charge on any atom is -0.453 e. The zero-order chi connectivity index (χ0) is 58.1. The molecule has 2 aromatic carbocycles. The number of carbonyl (C=O) groups is 4. The van der Waals surface area contributed by atoms with Crippen LogP contribution in [0.4, 0.5) is 50.5 Å². The Bertz CT molecular complexity index is 2930. The minimum atomic E-state index is -5.18. The molecule has 4 aromatic rings. The topological polar surface area (TPSA) is 205 Å². The molecule has 2 bridgehead atoms. The molecule has 26 heteroatoms. The van der Waals surface area contributed by atoms with Gasteiger partial charge in [0, 0.05) is 72.9 Å². The predicted molar refractivity (Wildman–Crippen MR) is 272 cm³/mol. The quantitative estimate of drug-likeness (QED) is 0.0406. The molecule has 6 atom stereocenters. The lowest BCUT2D eigenvalue weighted by atomic mass is 9.82. The molecular weight excluding hydrogens is 1070 g/mol. The van der Waals surface area contributed by atoms with E-state index < -0.39 is 108 Å². The molecule has 3 aliphatic heterocycles. The number of amides is 4. The number of anilines is 1.